The topological polar surface area (TPSA) is 95.6 Å². The molecule has 1 amide bonds. The summed E-state index contributed by atoms with van der Waals surface area (Å²) in [5, 5.41) is 16.3. The molecule has 0 bridgehead atoms. The Labute approximate surface area is 198 Å². The minimum atomic E-state index is -0.297. The second kappa shape index (κ2) is 9.77. The third kappa shape index (κ3) is 4.87. The number of aromatic nitrogens is 3. The Kier molecular flexibility index (Phi) is 6.80. The van der Waals surface area contributed by atoms with Crippen LogP contribution < -0.4 is 10.2 Å². The number of amides is 1. The summed E-state index contributed by atoms with van der Waals surface area (Å²) in [6, 6.07) is 7.19. The first-order chi connectivity index (χ1) is 16.3. The molecule has 1 aliphatic rings. The second-order valence-corrected chi connectivity index (χ2v) is 8.89. The molecule has 1 N–H and O–H groups in total. The molecular formula is C25H29FN6O2. The van der Waals surface area contributed by atoms with Crippen molar-refractivity contribution in [3.63, 3.8) is 0 Å². The molecule has 2 aromatic heterocycles. The van der Waals surface area contributed by atoms with Crippen molar-refractivity contribution in [1.82, 2.24) is 19.9 Å². The molecule has 1 aromatic carbocycles. The van der Waals surface area contributed by atoms with Gasteiger partial charge in [-0.25, -0.2) is 13.9 Å². The Morgan fingerprint density at radius 3 is 2.71 bits per heavy atom. The molecule has 9 heteroatoms. The number of carbonyl (C=O) groups is 1. The van der Waals surface area contributed by atoms with E-state index in [0.29, 0.717) is 42.0 Å². The highest BCUT2D eigenvalue weighted by atomic mass is 19.1. The first-order valence-electron chi connectivity index (χ1n) is 11.5. The normalized spacial score (nSPS) is 18.2. The summed E-state index contributed by atoms with van der Waals surface area (Å²) < 4.78 is 22.2. The summed E-state index contributed by atoms with van der Waals surface area (Å²) in [6.45, 7) is 9.30. The lowest BCUT2D eigenvalue weighted by Gasteiger charge is -2.37. The van der Waals surface area contributed by atoms with Crippen LogP contribution in [0.15, 0.2) is 24.4 Å². The summed E-state index contributed by atoms with van der Waals surface area (Å²) in [5.74, 6) is -0.424. The van der Waals surface area contributed by atoms with Gasteiger partial charge < -0.3 is 15.0 Å². The molecule has 0 spiro atoms. The number of morpholine rings is 1. The van der Waals surface area contributed by atoms with Gasteiger partial charge in [-0.1, -0.05) is 6.07 Å². The van der Waals surface area contributed by atoms with Crippen molar-refractivity contribution in [2.45, 2.75) is 59.3 Å². The van der Waals surface area contributed by atoms with Crippen molar-refractivity contribution >= 4 is 17.2 Å². The monoisotopic (exact) mass is 464 g/mol. The van der Waals surface area contributed by atoms with Crippen LogP contribution in [0, 0.1) is 31.0 Å². The first kappa shape index (κ1) is 23.6. The Morgan fingerprint density at radius 1 is 1.29 bits per heavy atom. The van der Waals surface area contributed by atoms with Crippen LogP contribution in [0.5, 0.6) is 0 Å². The van der Waals surface area contributed by atoms with E-state index in [4.69, 9.17) is 4.74 Å². The van der Waals surface area contributed by atoms with Gasteiger partial charge in [0, 0.05) is 37.4 Å². The van der Waals surface area contributed by atoms with Crippen molar-refractivity contribution in [2.24, 2.45) is 0 Å². The zero-order valence-corrected chi connectivity index (χ0v) is 19.9. The number of nitrogens with zero attached hydrogens (tertiary/aromatic N) is 5. The second-order valence-electron chi connectivity index (χ2n) is 8.89. The molecule has 2 unspecified atom stereocenters. The molecular weight excluding hydrogens is 435 g/mol. The van der Waals surface area contributed by atoms with Crippen molar-refractivity contribution in [1.29, 1.82) is 5.26 Å². The molecule has 3 aromatic rings. The average molecular weight is 465 g/mol. The van der Waals surface area contributed by atoms with Crippen molar-refractivity contribution in [3.05, 3.63) is 58.3 Å². The van der Waals surface area contributed by atoms with Gasteiger partial charge in [0.15, 0.2) is 5.65 Å². The number of fused-ring (bicyclic) bond motifs is 1. The van der Waals surface area contributed by atoms with Gasteiger partial charge in [0.2, 0.25) is 5.91 Å². The molecule has 1 aliphatic heterocycles. The zero-order chi connectivity index (χ0) is 24.4. The van der Waals surface area contributed by atoms with Crippen LogP contribution >= 0.6 is 0 Å². The number of halogens is 1. The van der Waals surface area contributed by atoms with E-state index in [-0.39, 0.29) is 36.9 Å². The fourth-order valence-electron chi connectivity index (χ4n) is 4.57. The predicted octanol–water partition coefficient (Wildman–Crippen LogP) is 3.22. The van der Waals surface area contributed by atoms with Gasteiger partial charge in [-0.2, -0.15) is 10.4 Å². The molecule has 0 radical (unpaired) electrons. The number of aryl methyl sites for hydroxylation is 2. The van der Waals surface area contributed by atoms with Gasteiger partial charge in [-0.3, -0.25) is 4.79 Å². The van der Waals surface area contributed by atoms with E-state index in [1.54, 1.807) is 10.6 Å². The molecule has 178 valence electrons. The van der Waals surface area contributed by atoms with E-state index in [2.05, 4.69) is 21.5 Å². The first-order valence-corrected chi connectivity index (χ1v) is 11.5. The largest absolute Gasteiger partial charge is 0.372 e. The number of nitriles is 1. The number of nitrogens with one attached hydrogen (secondary N) is 1. The van der Waals surface area contributed by atoms with Gasteiger partial charge in [0.1, 0.15) is 17.4 Å². The smallest absolute Gasteiger partial charge is 0.220 e. The van der Waals surface area contributed by atoms with Crippen molar-refractivity contribution in [2.75, 3.05) is 18.0 Å². The molecule has 34 heavy (non-hydrogen) atoms. The van der Waals surface area contributed by atoms with Gasteiger partial charge >= 0.3 is 0 Å². The summed E-state index contributed by atoms with van der Waals surface area (Å²) in [6.07, 6.45) is 2.36. The molecule has 1 saturated heterocycles. The maximum atomic E-state index is 14.8. The van der Waals surface area contributed by atoms with E-state index in [1.807, 2.05) is 38.7 Å². The van der Waals surface area contributed by atoms with Gasteiger partial charge in [0.25, 0.3) is 0 Å². The highest BCUT2D eigenvalue weighted by Crippen LogP contribution is 2.24. The number of anilines is 1. The summed E-state index contributed by atoms with van der Waals surface area (Å²) in [5.41, 5.74) is 4.78. The van der Waals surface area contributed by atoms with Crippen LogP contribution in [0.3, 0.4) is 0 Å². The van der Waals surface area contributed by atoms with E-state index in [0.717, 1.165) is 17.0 Å². The summed E-state index contributed by atoms with van der Waals surface area (Å²) in [4.78, 5) is 19.0. The molecule has 8 nitrogen and oxygen atoms in total. The lowest BCUT2D eigenvalue weighted by atomic mass is 10.1. The van der Waals surface area contributed by atoms with E-state index in [9.17, 15) is 14.4 Å². The summed E-state index contributed by atoms with van der Waals surface area (Å²) >= 11 is 0. The third-order valence-corrected chi connectivity index (χ3v) is 6.19. The lowest BCUT2D eigenvalue weighted by molar-refractivity contribution is -0.121. The van der Waals surface area contributed by atoms with Crippen LogP contribution in [0.1, 0.15) is 48.3 Å². The Bertz CT molecular complexity index is 1250. The molecule has 2 atom stereocenters. The van der Waals surface area contributed by atoms with E-state index >= 15 is 0 Å². The molecule has 3 heterocycles. The number of hydrogen-bond donors (Lipinski definition) is 1. The fourth-order valence-corrected chi connectivity index (χ4v) is 4.57. The number of carbonyl (C=O) groups excluding carboxylic acids is 1. The van der Waals surface area contributed by atoms with Crippen LogP contribution in [0.4, 0.5) is 10.1 Å². The Balaban J connectivity index is 1.36. The van der Waals surface area contributed by atoms with Crippen LogP contribution in [-0.4, -0.2) is 45.8 Å². The van der Waals surface area contributed by atoms with Gasteiger partial charge in [0.05, 0.1) is 24.1 Å². The maximum absolute atomic E-state index is 14.8. The minimum Gasteiger partial charge on any atom is -0.372 e. The Morgan fingerprint density at radius 2 is 2.03 bits per heavy atom. The van der Waals surface area contributed by atoms with Crippen LogP contribution in [-0.2, 0) is 22.5 Å². The predicted molar refractivity (Wildman–Crippen MR) is 126 cm³/mol. The van der Waals surface area contributed by atoms with Crippen LogP contribution in [0.2, 0.25) is 0 Å². The third-order valence-electron chi connectivity index (χ3n) is 6.19. The lowest BCUT2D eigenvalue weighted by Crippen LogP contribution is -2.45. The molecule has 0 saturated carbocycles. The van der Waals surface area contributed by atoms with E-state index < -0.39 is 0 Å². The zero-order valence-electron chi connectivity index (χ0n) is 19.9. The highest BCUT2D eigenvalue weighted by molar-refractivity contribution is 5.76. The molecule has 0 aliphatic carbocycles. The highest BCUT2D eigenvalue weighted by Gasteiger charge is 2.24. The standard InChI is InChI=1S/C25H29FN6O2/c1-15-13-31(14-16(2)34-15)23-7-5-19(9-22(23)26)11-28-24(33)8-6-21-17(3)30-25-20(10-27)12-29-32(25)18(21)4/h5,7,9,12,15-16H,6,8,11,13-14H2,1-4H3,(H,28,33). The average Bonchev–Trinajstić information content (AvgIpc) is 3.19. The molecule has 1 fully saturated rings. The van der Waals surface area contributed by atoms with Gasteiger partial charge in [-0.05, 0) is 57.4 Å². The molecule has 4 rings (SSSR count). The van der Waals surface area contributed by atoms with Gasteiger partial charge in [-0.15, -0.1) is 0 Å². The SMILES string of the molecule is Cc1nc2c(C#N)cnn2c(C)c1CCC(=O)NCc1ccc(N2CC(C)OC(C)C2)c(F)c1. The number of benzene rings is 1. The van der Waals surface area contributed by atoms with Crippen molar-refractivity contribution < 1.29 is 13.9 Å². The number of rotatable bonds is 6. The minimum absolute atomic E-state index is 0.0481. The quantitative estimate of drug-likeness (QED) is 0.602. The van der Waals surface area contributed by atoms with Crippen molar-refractivity contribution in [3.8, 4) is 6.07 Å². The number of hydrogen-bond acceptors (Lipinski definition) is 6. The van der Waals surface area contributed by atoms with Crippen LogP contribution in [0.25, 0.3) is 5.65 Å². The Hall–Kier alpha value is -3.51. The maximum Gasteiger partial charge on any atom is 0.220 e. The number of ether oxygens (including phenoxy) is 1. The summed E-state index contributed by atoms with van der Waals surface area (Å²) in [7, 11) is 0. The van der Waals surface area contributed by atoms with E-state index in [1.165, 1.54) is 12.3 Å². The fraction of sp³-hybridized carbons (Fsp3) is 0.440.